The first-order valence-electron chi connectivity index (χ1n) is 6.69. The van der Waals surface area contributed by atoms with E-state index in [2.05, 4.69) is 50.8 Å². The number of nitrogen functional groups attached to an aromatic ring is 1. The Balaban J connectivity index is 2.82. The number of hydrogen-bond donors (Lipinski definition) is 1. The quantitative estimate of drug-likeness (QED) is 0.596. The normalized spacial score (nSPS) is 10.9. The van der Waals surface area contributed by atoms with Crippen LogP contribution in [0.15, 0.2) is 18.2 Å². The minimum atomic E-state index is 0.497. The van der Waals surface area contributed by atoms with Gasteiger partial charge in [0.25, 0.3) is 0 Å². The molecule has 0 unspecified atom stereocenters. The summed E-state index contributed by atoms with van der Waals surface area (Å²) in [5, 5.41) is 0. The van der Waals surface area contributed by atoms with Gasteiger partial charge in [0.2, 0.25) is 0 Å². The Hall–Kier alpha value is -1.18. The van der Waals surface area contributed by atoms with Crippen molar-refractivity contribution in [2.45, 2.75) is 53.0 Å². The summed E-state index contributed by atoms with van der Waals surface area (Å²) in [5.74, 6) is 0. The van der Waals surface area contributed by atoms with Crippen molar-refractivity contribution in [3.8, 4) is 0 Å². The average molecular weight is 234 g/mol. The van der Waals surface area contributed by atoms with E-state index in [0.717, 1.165) is 12.2 Å². The number of hydrogen-bond acceptors (Lipinski definition) is 2. The molecule has 96 valence electrons. The van der Waals surface area contributed by atoms with Gasteiger partial charge in [0.05, 0.1) is 11.4 Å². The second-order valence-corrected chi connectivity index (χ2v) is 5.06. The SMILES string of the molecule is CCCCCN(c1ccc(C)cc1N)C(C)C. The first-order valence-corrected chi connectivity index (χ1v) is 6.69. The van der Waals surface area contributed by atoms with Gasteiger partial charge in [0.15, 0.2) is 0 Å². The number of benzene rings is 1. The molecule has 0 radical (unpaired) electrons. The average Bonchev–Trinajstić information content (AvgIpc) is 2.25. The van der Waals surface area contributed by atoms with E-state index in [1.807, 2.05) is 0 Å². The summed E-state index contributed by atoms with van der Waals surface area (Å²) in [7, 11) is 0. The predicted octanol–water partition coefficient (Wildman–Crippen LogP) is 3.98. The molecular formula is C15H26N2. The number of nitrogens with zero attached hydrogens (tertiary/aromatic N) is 1. The highest BCUT2D eigenvalue weighted by Crippen LogP contribution is 2.26. The van der Waals surface area contributed by atoms with Crippen molar-refractivity contribution < 1.29 is 0 Å². The van der Waals surface area contributed by atoms with E-state index >= 15 is 0 Å². The van der Waals surface area contributed by atoms with Crippen LogP contribution in [-0.4, -0.2) is 12.6 Å². The van der Waals surface area contributed by atoms with Crippen LogP contribution in [-0.2, 0) is 0 Å². The molecule has 0 spiro atoms. The molecule has 1 rings (SSSR count). The van der Waals surface area contributed by atoms with Crippen LogP contribution in [0.4, 0.5) is 11.4 Å². The van der Waals surface area contributed by atoms with Crippen LogP contribution in [0.1, 0.15) is 45.6 Å². The van der Waals surface area contributed by atoms with E-state index in [1.165, 1.54) is 30.5 Å². The summed E-state index contributed by atoms with van der Waals surface area (Å²) >= 11 is 0. The highest BCUT2D eigenvalue weighted by molar-refractivity contribution is 5.68. The molecule has 2 N–H and O–H groups in total. The molecule has 2 nitrogen and oxygen atoms in total. The molecule has 0 saturated heterocycles. The van der Waals surface area contributed by atoms with Crippen molar-refractivity contribution in [2.24, 2.45) is 0 Å². The van der Waals surface area contributed by atoms with Gasteiger partial charge < -0.3 is 10.6 Å². The molecular weight excluding hydrogens is 208 g/mol. The number of rotatable bonds is 6. The fraction of sp³-hybridized carbons (Fsp3) is 0.600. The van der Waals surface area contributed by atoms with Crippen LogP contribution in [0.25, 0.3) is 0 Å². The lowest BCUT2D eigenvalue weighted by atomic mass is 10.1. The summed E-state index contributed by atoms with van der Waals surface area (Å²) in [5.41, 5.74) is 9.43. The third-order valence-corrected chi connectivity index (χ3v) is 3.12. The lowest BCUT2D eigenvalue weighted by Crippen LogP contribution is -2.32. The smallest absolute Gasteiger partial charge is 0.0602 e. The molecule has 0 bridgehead atoms. The molecule has 2 heteroatoms. The molecule has 1 aromatic carbocycles. The Morgan fingerprint density at radius 2 is 1.94 bits per heavy atom. The second-order valence-electron chi connectivity index (χ2n) is 5.06. The molecule has 0 aliphatic carbocycles. The molecule has 1 aromatic rings. The Bertz CT molecular complexity index is 345. The Morgan fingerprint density at radius 3 is 2.47 bits per heavy atom. The summed E-state index contributed by atoms with van der Waals surface area (Å²) in [6.45, 7) is 9.87. The summed E-state index contributed by atoms with van der Waals surface area (Å²) < 4.78 is 0. The van der Waals surface area contributed by atoms with Crippen LogP contribution in [0.2, 0.25) is 0 Å². The van der Waals surface area contributed by atoms with Gasteiger partial charge in [0, 0.05) is 12.6 Å². The van der Waals surface area contributed by atoms with Crippen molar-refractivity contribution in [3.05, 3.63) is 23.8 Å². The van der Waals surface area contributed by atoms with E-state index < -0.39 is 0 Å². The fourth-order valence-corrected chi connectivity index (χ4v) is 2.12. The van der Waals surface area contributed by atoms with Gasteiger partial charge in [0.1, 0.15) is 0 Å². The second kappa shape index (κ2) is 6.53. The van der Waals surface area contributed by atoms with E-state index in [4.69, 9.17) is 5.73 Å². The number of unbranched alkanes of at least 4 members (excludes halogenated alkanes) is 2. The maximum Gasteiger partial charge on any atom is 0.0602 e. The zero-order chi connectivity index (χ0) is 12.8. The summed E-state index contributed by atoms with van der Waals surface area (Å²) in [6.07, 6.45) is 3.78. The van der Waals surface area contributed by atoms with Crippen molar-refractivity contribution in [3.63, 3.8) is 0 Å². The highest BCUT2D eigenvalue weighted by Gasteiger charge is 2.12. The van der Waals surface area contributed by atoms with Gasteiger partial charge in [-0.05, 0) is 44.9 Å². The molecule has 0 atom stereocenters. The maximum atomic E-state index is 6.12. The molecule has 0 fully saturated rings. The Kier molecular flexibility index (Phi) is 5.33. The van der Waals surface area contributed by atoms with Crippen molar-refractivity contribution in [1.29, 1.82) is 0 Å². The first-order chi connectivity index (χ1) is 8.06. The van der Waals surface area contributed by atoms with Crippen molar-refractivity contribution in [1.82, 2.24) is 0 Å². The lowest BCUT2D eigenvalue weighted by molar-refractivity contribution is 0.626. The van der Waals surface area contributed by atoms with E-state index in [1.54, 1.807) is 0 Å². The molecule has 0 aliphatic heterocycles. The largest absolute Gasteiger partial charge is 0.397 e. The molecule has 0 heterocycles. The van der Waals surface area contributed by atoms with Crippen LogP contribution >= 0.6 is 0 Å². The maximum absolute atomic E-state index is 6.12. The summed E-state index contributed by atoms with van der Waals surface area (Å²) in [6, 6.07) is 6.85. The molecule has 0 saturated carbocycles. The first kappa shape index (κ1) is 13.9. The Labute approximate surface area is 106 Å². The van der Waals surface area contributed by atoms with Crippen molar-refractivity contribution >= 4 is 11.4 Å². The topological polar surface area (TPSA) is 29.3 Å². The van der Waals surface area contributed by atoms with Gasteiger partial charge >= 0.3 is 0 Å². The monoisotopic (exact) mass is 234 g/mol. The Morgan fingerprint density at radius 1 is 1.24 bits per heavy atom. The molecule has 17 heavy (non-hydrogen) atoms. The zero-order valence-corrected chi connectivity index (χ0v) is 11.7. The third-order valence-electron chi connectivity index (χ3n) is 3.12. The number of anilines is 2. The standard InChI is InChI=1S/C15H26N2/c1-5-6-7-10-17(12(2)3)15-9-8-13(4)11-14(15)16/h8-9,11-12H,5-7,10,16H2,1-4H3. The van der Waals surface area contributed by atoms with Crippen LogP contribution in [0, 0.1) is 6.92 Å². The van der Waals surface area contributed by atoms with Crippen LogP contribution in [0.5, 0.6) is 0 Å². The summed E-state index contributed by atoms with van der Waals surface area (Å²) in [4.78, 5) is 2.41. The lowest BCUT2D eigenvalue weighted by Gasteiger charge is -2.30. The van der Waals surface area contributed by atoms with Gasteiger partial charge in [-0.15, -0.1) is 0 Å². The third kappa shape index (κ3) is 3.95. The molecule has 0 amide bonds. The van der Waals surface area contributed by atoms with E-state index in [0.29, 0.717) is 6.04 Å². The van der Waals surface area contributed by atoms with Gasteiger partial charge in [-0.1, -0.05) is 25.8 Å². The van der Waals surface area contributed by atoms with Crippen LogP contribution < -0.4 is 10.6 Å². The fourth-order valence-electron chi connectivity index (χ4n) is 2.12. The number of nitrogens with two attached hydrogens (primary N) is 1. The molecule has 0 aliphatic rings. The minimum Gasteiger partial charge on any atom is -0.397 e. The van der Waals surface area contributed by atoms with Crippen molar-refractivity contribution in [2.75, 3.05) is 17.2 Å². The van der Waals surface area contributed by atoms with Gasteiger partial charge in [-0.25, -0.2) is 0 Å². The predicted molar refractivity (Wildman–Crippen MR) is 77.6 cm³/mol. The minimum absolute atomic E-state index is 0.497. The molecule has 0 aromatic heterocycles. The van der Waals surface area contributed by atoms with Gasteiger partial charge in [-0.2, -0.15) is 0 Å². The zero-order valence-electron chi connectivity index (χ0n) is 11.7. The highest BCUT2D eigenvalue weighted by atomic mass is 15.2. The van der Waals surface area contributed by atoms with Gasteiger partial charge in [-0.3, -0.25) is 0 Å². The van der Waals surface area contributed by atoms with E-state index in [9.17, 15) is 0 Å². The van der Waals surface area contributed by atoms with Crippen LogP contribution in [0.3, 0.4) is 0 Å². The van der Waals surface area contributed by atoms with E-state index in [-0.39, 0.29) is 0 Å². The number of aryl methyl sites for hydroxylation is 1.